The second-order valence-electron chi connectivity index (χ2n) is 8.93. The van der Waals surface area contributed by atoms with Crippen LogP contribution in [0.1, 0.15) is 63.9 Å². The van der Waals surface area contributed by atoms with Gasteiger partial charge >= 0.3 is 0 Å². The van der Waals surface area contributed by atoms with Gasteiger partial charge in [-0.25, -0.2) is 0 Å². The predicted octanol–water partition coefficient (Wildman–Crippen LogP) is 5.57. The Bertz CT molecular complexity index is 480. The lowest BCUT2D eigenvalue weighted by atomic mass is 9.48. The summed E-state index contributed by atoms with van der Waals surface area (Å²) in [6.45, 7) is 2.47. The Balaban J connectivity index is 1.34. The van der Waals surface area contributed by atoms with Crippen LogP contribution in [0.15, 0.2) is 24.3 Å². The first-order chi connectivity index (χ1) is 10.6. The van der Waals surface area contributed by atoms with Crippen molar-refractivity contribution in [2.45, 2.75) is 64.7 Å². The molecule has 4 fully saturated rings. The zero-order valence-corrected chi connectivity index (χ0v) is 13.9. The van der Waals surface area contributed by atoms with Crippen molar-refractivity contribution in [2.24, 2.45) is 29.1 Å². The highest BCUT2D eigenvalue weighted by molar-refractivity contribution is 5.25. The number of aromatic hydroxyl groups is 1. The van der Waals surface area contributed by atoms with Crippen LogP contribution < -0.4 is 0 Å². The summed E-state index contributed by atoms with van der Waals surface area (Å²) in [5.74, 6) is 4.46. The van der Waals surface area contributed by atoms with E-state index in [0.717, 1.165) is 35.5 Å². The number of phenols is 1. The minimum absolute atomic E-state index is 0.380. The van der Waals surface area contributed by atoms with E-state index >= 15 is 0 Å². The maximum atomic E-state index is 9.38. The van der Waals surface area contributed by atoms with Gasteiger partial charge in [-0.2, -0.15) is 0 Å². The van der Waals surface area contributed by atoms with Crippen molar-refractivity contribution in [3.05, 3.63) is 29.8 Å². The van der Waals surface area contributed by atoms with Crippen LogP contribution >= 0.6 is 0 Å². The average molecular weight is 298 g/mol. The minimum Gasteiger partial charge on any atom is -0.508 e. The molecule has 0 spiro atoms. The molecule has 0 saturated heterocycles. The molecule has 1 aromatic rings. The molecule has 1 N–H and O–H groups in total. The first kappa shape index (κ1) is 14.6. The van der Waals surface area contributed by atoms with E-state index in [9.17, 15) is 5.11 Å². The second-order valence-corrected chi connectivity index (χ2v) is 8.93. The summed E-state index contributed by atoms with van der Waals surface area (Å²) < 4.78 is 0. The molecule has 120 valence electrons. The summed E-state index contributed by atoms with van der Waals surface area (Å²) in [6, 6.07) is 7.79. The molecular formula is C21H30O. The van der Waals surface area contributed by atoms with Gasteiger partial charge in [0.05, 0.1) is 0 Å². The van der Waals surface area contributed by atoms with Gasteiger partial charge in [0, 0.05) is 0 Å². The average Bonchev–Trinajstić information content (AvgIpc) is 2.44. The molecule has 4 saturated carbocycles. The molecule has 1 atom stereocenters. The smallest absolute Gasteiger partial charge is 0.115 e. The molecule has 1 nitrogen and oxygen atoms in total. The standard InChI is InChI=1S/C21H30O/c1-15(2-3-16-4-6-20(22)7-5-16)11-21-12-17-8-18(13-21)10-19(9-17)14-21/h4-7,15,17-19,22H,2-3,8-14H2,1H3. The third-order valence-electron chi connectivity index (χ3n) is 6.81. The van der Waals surface area contributed by atoms with Crippen molar-refractivity contribution >= 4 is 0 Å². The van der Waals surface area contributed by atoms with Crippen LogP contribution in [0.4, 0.5) is 0 Å². The SMILES string of the molecule is CC(CCc1ccc(O)cc1)CC12CC3CC(CC(C3)C1)C2. The van der Waals surface area contributed by atoms with Gasteiger partial charge in [0.2, 0.25) is 0 Å². The molecule has 4 bridgehead atoms. The third-order valence-corrected chi connectivity index (χ3v) is 6.81. The first-order valence-corrected chi connectivity index (χ1v) is 9.38. The highest BCUT2D eigenvalue weighted by atomic mass is 16.3. The largest absolute Gasteiger partial charge is 0.508 e. The second kappa shape index (κ2) is 5.58. The van der Waals surface area contributed by atoms with E-state index in [-0.39, 0.29) is 0 Å². The molecule has 0 aliphatic heterocycles. The Kier molecular flexibility index (Phi) is 3.71. The monoisotopic (exact) mass is 298 g/mol. The molecular weight excluding hydrogens is 268 g/mol. The van der Waals surface area contributed by atoms with E-state index in [0.29, 0.717) is 5.75 Å². The van der Waals surface area contributed by atoms with Crippen molar-refractivity contribution in [2.75, 3.05) is 0 Å². The van der Waals surface area contributed by atoms with Crippen LogP contribution in [0.3, 0.4) is 0 Å². The molecule has 1 aromatic carbocycles. The van der Waals surface area contributed by atoms with Gasteiger partial charge < -0.3 is 5.11 Å². The molecule has 4 aliphatic rings. The van der Waals surface area contributed by atoms with Gasteiger partial charge in [-0.3, -0.25) is 0 Å². The lowest BCUT2D eigenvalue weighted by molar-refractivity contribution is -0.0646. The van der Waals surface area contributed by atoms with E-state index in [1.165, 1.54) is 18.4 Å². The van der Waals surface area contributed by atoms with Crippen molar-refractivity contribution in [3.63, 3.8) is 0 Å². The van der Waals surface area contributed by atoms with Crippen molar-refractivity contribution in [1.29, 1.82) is 0 Å². The van der Waals surface area contributed by atoms with Crippen LogP contribution in [0.25, 0.3) is 0 Å². The topological polar surface area (TPSA) is 20.2 Å². The summed E-state index contributed by atoms with van der Waals surface area (Å²) in [7, 11) is 0. The third kappa shape index (κ3) is 2.92. The fraction of sp³-hybridized carbons (Fsp3) is 0.714. The molecule has 1 heteroatoms. The Morgan fingerprint density at radius 2 is 1.55 bits per heavy atom. The minimum atomic E-state index is 0.380. The number of phenolic OH excluding ortho intramolecular Hbond substituents is 1. The fourth-order valence-electron chi connectivity index (χ4n) is 6.46. The van der Waals surface area contributed by atoms with Gasteiger partial charge in [0.1, 0.15) is 5.75 Å². The molecule has 1 unspecified atom stereocenters. The lowest BCUT2D eigenvalue weighted by Gasteiger charge is -2.57. The molecule has 4 aliphatic carbocycles. The van der Waals surface area contributed by atoms with E-state index in [2.05, 4.69) is 19.1 Å². The van der Waals surface area contributed by atoms with Crippen LogP contribution in [0, 0.1) is 29.1 Å². The summed E-state index contributed by atoms with van der Waals surface area (Å²) in [5.41, 5.74) is 2.10. The Morgan fingerprint density at radius 1 is 1.00 bits per heavy atom. The van der Waals surface area contributed by atoms with E-state index in [1.54, 1.807) is 38.5 Å². The molecule has 0 amide bonds. The van der Waals surface area contributed by atoms with Gasteiger partial charge in [-0.1, -0.05) is 19.1 Å². The highest BCUT2D eigenvalue weighted by Crippen LogP contribution is 2.62. The summed E-state index contributed by atoms with van der Waals surface area (Å²) in [6.07, 6.45) is 13.2. The number of hydrogen-bond acceptors (Lipinski definition) is 1. The molecule has 0 heterocycles. The number of benzene rings is 1. The van der Waals surface area contributed by atoms with Gasteiger partial charge in [0.25, 0.3) is 0 Å². The Morgan fingerprint density at radius 3 is 2.09 bits per heavy atom. The van der Waals surface area contributed by atoms with Crippen molar-refractivity contribution < 1.29 is 5.11 Å². The first-order valence-electron chi connectivity index (χ1n) is 9.38. The zero-order chi connectivity index (χ0) is 15.2. The number of rotatable bonds is 5. The highest BCUT2D eigenvalue weighted by Gasteiger charge is 2.50. The van der Waals surface area contributed by atoms with Gasteiger partial charge in [-0.05, 0) is 105 Å². The zero-order valence-electron chi connectivity index (χ0n) is 13.9. The van der Waals surface area contributed by atoms with Crippen LogP contribution in [0.2, 0.25) is 0 Å². The fourth-order valence-corrected chi connectivity index (χ4v) is 6.46. The molecule has 22 heavy (non-hydrogen) atoms. The summed E-state index contributed by atoms with van der Waals surface area (Å²) >= 11 is 0. The van der Waals surface area contributed by atoms with Crippen LogP contribution in [-0.4, -0.2) is 5.11 Å². The van der Waals surface area contributed by atoms with E-state index in [4.69, 9.17) is 0 Å². The molecule has 0 radical (unpaired) electrons. The van der Waals surface area contributed by atoms with Crippen molar-refractivity contribution in [3.8, 4) is 5.75 Å². The van der Waals surface area contributed by atoms with Crippen LogP contribution in [-0.2, 0) is 6.42 Å². The number of aryl methyl sites for hydroxylation is 1. The quantitative estimate of drug-likeness (QED) is 0.753. The molecule has 0 aromatic heterocycles. The maximum Gasteiger partial charge on any atom is 0.115 e. The van der Waals surface area contributed by atoms with Gasteiger partial charge in [-0.15, -0.1) is 0 Å². The van der Waals surface area contributed by atoms with Crippen LogP contribution in [0.5, 0.6) is 5.75 Å². The Labute approximate surface area is 135 Å². The summed E-state index contributed by atoms with van der Waals surface area (Å²) in [5, 5.41) is 9.38. The van der Waals surface area contributed by atoms with Crippen molar-refractivity contribution in [1.82, 2.24) is 0 Å². The maximum absolute atomic E-state index is 9.38. The summed E-state index contributed by atoms with van der Waals surface area (Å²) in [4.78, 5) is 0. The normalized spacial score (nSPS) is 37.4. The Hall–Kier alpha value is -0.980. The predicted molar refractivity (Wildman–Crippen MR) is 90.8 cm³/mol. The van der Waals surface area contributed by atoms with E-state index in [1.807, 2.05) is 12.1 Å². The molecule has 5 rings (SSSR count). The van der Waals surface area contributed by atoms with E-state index < -0.39 is 0 Å². The van der Waals surface area contributed by atoms with Gasteiger partial charge in [0.15, 0.2) is 0 Å². The lowest BCUT2D eigenvalue weighted by Crippen LogP contribution is -2.46. The number of hydrogen-bond donors (Lipinski definition) is 1.